The number of furan rings is 1. The van der Waals surface area contributed by atoms with Crippen molar-refractivity contribution in [2.75, 3.05) is 0 Å². The molecule has 0 atom stereocenters. The summed E-state index contributed by atoms with van der Waals surface area (Å²) in [5.74, 6) is -0.0630. The van der Waals surface area contributed by atoms with Gasteiger partial charge in [0.2, 0.25) is 5.76 Å². The normalized spacial score (nSPS) is 11.2. The van der Waals surface area contributed by atoms with E-state index in [4.69, 9.17) is 9.15 Å². The maximum Gasteiger partial charge on any atom is 0.374 e. The Kier molecular flexibility index (Phi) is 4.40. The molecule has 0 N–H and O–H groups in total. The van der Waals surface area contributed by atoms with Crippen molar-refractivity contribution < 1.29 is 13.9 Å². The molecule has 0 saturated carbocycles. The van der Waals surface area contributed by atoms with Crippen LogP contribution in [0, 0.1) is 6.92 Å². The summed E-state index contributed by atoms with van der Waals surface area (Å²) in [6.45, 7) is 1.79. The van der Waals surface area contributed by atoms with E-state index >= 15 is 0 Å². The van der Waals surface area contributed by atoms with Gasteiger partial charge < -0.3 is 9.15 Å². The van der Waals surface area contributed by atoms with Gasteiger partial charge in [0.1, 0.15) is 12.3 Å². The predicted molar refractivity (Wildman–Crippen MR) is 113 cm³/mol. The summed E-state index contributed by atoms with van der Waals surface area (Å²) in [4.78, 5) is 33.5. The van der Waals surface area contributed by atoms with E-state index in [2.05, 4.69) is 9.97 Å². The van der Waals surface area contributed by atoms with E-state index in [9.17, 15) is 9.59 Å². The second kappa shape index (κ2) is 7.23. The molecule has 0 amide bonds. The lowest BCUT2D eigenvalue weighted by atomic mass is 10.3. The Balaban J connectivity index is 1.34. The Morgan fingerprint density at radius 3 is 2.87 bits per heavy atom. The molecule has 4 aromatic heterocycles. The van der Waals surface area contributed by atoms with E-state index in [0.29, 0.717) is 22.1 Å². The molecule has 4 heterocycles. The zero-order valence-corrected chi connectivity index (χ0v) is 16.7. The molecule has 1 aromatic carbocycles. The van der Waals surface area contributed by atoms with Crippen LogP contribution in [0.2, 0.25) is 0 Å². The molecule has 0 fully saturated rings. The molecule has 0 unspecified atom stereocenters. The average molecular weight is 417 g/mol. The third kappa shape index (κ3) is 3.37. The molecule has 0 bridgehead atoms. The smallest absolute Gasteiger partial charge is 0.374 e. The standard InChI is InChI=1S/C22H15N3O4S/c1-13-8-9-25-19(10-13)23-14(11-20(25)26)12-28-22(27)17-7-6-16(29-17)21-24-15-4-2-3-5-18(15)30-21/h2-11H,12H2,1H3. The number of aromatic nitrogens is 3. The fraction of sp³-hybridized carbons (Fsp3) is 0.0909. The first-order valence-electron chi connectivity index (χ1n) is 9.19. The lowest BCUT2D eigenvalue weighted by Gasteiger charge is -2.05. The van der Waals surface area contributed by atoms with Gasteiger partial charge in [0.05, 0.1) is 15.9 Å². The number of rotatable bonds is 4. The maximum absolute atomic E-state index is 12.4. The summed E-state index contributed by atoms with van der Waals surface area (Å²) >= 11 is 1.49. The van der Waals surface area contributed by atoms with Crippen molar-refractivity contribution in [3.63, 3.8) is 0 Å². The number of thiazole rings is 1. The first kappa shape index (κ1) is 18.3. The van der Waals surface area contributed by atoms with Crippen molar-refractivity contribution in [3.05, 3.63) is 88.2 Å². The minimum Gasteiger partial charge on any atom is -0.453 e. The highest BCUT2D eigenvalue weighted by atomic mass is 32.1. The third-order valence-electron chi connectivity index (χ3n) is 4.54. The van der Waals surface area contributed by atoms with Crippen LogP contribution in [0.5, 0.6) is 0 Å². The molecule has 148 valence electrons. The van der Waals surface area contributed by atoms with Crippen LogP contribution in [-0.2, 0) is 11.3 Å². The molecule has 0 saturated heterocycles. The van der Waals surface area contributed by atoms with Gasteiger partial charge in [0.15, 0.2) is 10.8 Å². The monoisotopic (exact) mass is 417 g/mol. The molecule has 5 rings (SSSR count). The van der Waals surface area contributed by atoms with Crippen molar-refractivity contribution in [1.29, 1.82) is 0 Å². The van der Waals surface area contributed by atoms with Crippen LogP contribution < -0.4 is 5.56 Å². The highest BCUT2D eigenvalue weighted by molar-refractivity contribution is 7.21. The minimum atomic E-state index is -0.631. The van der Waals surface area contributed by atoms with Gasteiger partial charge in [-0.25, -0.2) is 14.8 Å². The molecule has 0 radical (unpaired) electrons. The van der Waals surface area contributed by atoms with Crippen molar-refractivity contribution >= 4 is 33.2 Å². The minimum absolute atomic E-state index is 0.0672. The van der Waals surface area contributed by atoms with Crippen LogP contribution in [0.25, 0.3) is 26.6 Å². The number of hydrogen-bond acceptors (Lipinski definition) is 7. The molecule has 5 aromatic rings. The molecular formula is C22H15N3O4S. The van der Waals surface area contributed by atoms with Gasteiger partial charge >= 0.3 is 5.97 Å². The zero-order chi connectivity index (χ0) is 20.7. The van der Waals surface area contributed by atoms with E-state index in [1.165, 1.54) is 21.8 Å². The molecule has 7 nitrogen and oxygen atoms in total. The Bertz CT molecular complexity index is 1430. The third-order valence-corrected chi connectivity index (χ3v) is 5.59. The van der Waals surface area contributed by atoms with Crippen molar-refractivity contribution in [3.8, 4) is 10.8 Å². The number of pyridine rings is 1. The molecule has 0 aliphatic heterocycles. The quantitative estimate of drug-likeness (QED) is 0.407. The number of carbonyl (C=O) groups excluding carboxylic acids is 1. The van der Waals surface area contributed by atoms with Crippen LogP contribution in [0.15, 0.2) is 70.0 Å². The van der Waals surface area contributed by atoms with Gasteiger partial charge in [-0.1, -0.05) is 12.1 Å². The molecule has 0 aliphatic rings. The molecule has 0 aliphatic carbocycles. The van der Waals surface area contributed by atoms with E-state index in [1.807, 2.05) is 37.3 Å². The Morgan fingerprint density at radius 1 is 1.13 bits per heavy atom. The fourth-order valence-electron chi connectivity index (χ4n) is 3.08. The summed E-state index contributed by atoms with van der Waals surface area (Å²) in [7, 11) is 0. The number of aryl methyl sites for hydroxylation is 1. The van der Waals surface area contributed by atoms with Crippen LogP contribution in [0.4, 0.5) is 0 Å². The number of nitrogens with zero attached hydrogens (tertiary/aromatic N) is 3. The van der Waals surface area contributed by atoms with Gasteiger partial charge in [-0.15, -0.1) is 11.3 Å². The van der Waals surface area contributed by atoms with Crippen molar-refractivity contribution in [2.24, 2.45) is 0 Å². The second-order valence-corrected chi connectivity index (χ2v) is 7.78. The molecule has 30 heavy (non-hydrogen) atoms. The molecular weight excluding hydrogens is 402 g/mol. The molecule has 0 spiro atoms. The summed E-state index contributed by atoms with van der Waals surface area (Å²) in [5.41, 5.74) is 2.50. The summed E-state index contributed by atoms with van der Waals surface area (Å²) in [6, 6.07) is 16.0. The van der Waals surface area contributed by atoms with Gasteiger partial charge in [0, 0.05) is 12.3 Å². The molecule has 8 heteroatoms. The van der Waals surface area contributed by atoms with Gasteiger partial charge in [-0.05, 0) is 48.9 Å². The maximum atomic E-state index is 12.4. The van der Waals surface area contributed by atoms with Crippen molar-refractivity contribution in [2.45, 2.75) is 13.5 Å². The fourth-order valence-corrected chi connectivity index (χ4v) is 4.01. The lowest BCUT2D eigenvalue weighted by molar-refractivity contribution is 0.0432. The SMILES string of the molecule is Cc1ccn2c(=O)cc(COC(=O)c3ccc(-c4nc5ccccc5s4)o3)nc2c1. The summed E-state index contributed by atoms with van der Waals surface area (Å²) < 4.78 is 13.4. The number of benzene rings is 1. The van der Waals surface area contributed by atoms with Crippen LogP contribution in [-0.4, -0.2) is 20.3 Å². The number of fused-ring (bicyclic) bond motifs is 2. The first-order valence-corrected chi connectivity index (χ1v) is 10.0. The van der Waals surface area contributed by atoms with Crippen LogP contribution >= 0.6 is 11.3 Å². The highest BCUT2D eigenvalue weighted by Crippen LogP contribution is 2.31. The number of para-hydroxylation sites is 1. The lowest BCUT2D eigenvalue weighted by Crippen LogP contribution is -2.16. The zero-order valence-electron chi connectivity index (χ0n) is 15.9. The number of hydrogen-bond donors (Lipinski definition) is 0. The Hall–Kier alpha value is -3.78. The van der Waals surface area contributed by atoms with E-state index < -0.39 is 5.97 Å². The summed E-state index contributed by atoms with van der Waals surface area (Å²) in [6.07, 6.45) is 1.67. The van der Waals surface area contributed by atoms with Gasteiger partial charge in [-0.2, -0.15) is 0 Å². The second-order valence-electron chi connectivity index (χ2n) is 6.74. The van der Waals surface area contributed by atoms with E-state index in [0.717, 1.165) is 15.8 Å². The average Bonchev–Trinajstić information content (AvgIpc) is 3.38. The topological polar surface area (TPSA) is 86.7 Å². The first-order chi connectivity index (χ1) is 14.6. The Labute approximate surface area is 174 Å². The number of esters is 1. The Morgan fingerprint density at radius 2 is 2.00 bits per heavy atom. The number of ether oxygens (including phenoxy) is 1. The van der Waals surface area contributed by atoms with Crippen LogP contribution in [0.3, 0.4) is 0 Å². The van der Waals surface area contributed by atoms with Gasteiger partial charge in [-0.3, -0.25) is 9.20 Å². The number of carbonyl (C=O) groups is 1. The highest BCUT2D eigenvalue weighted by Gasteiger charge is 2.17. The largest absolute Gasteiger partial charge is 0.453 e. The van der Waals surface area contributed by atoms with Crippen LogP contribution in [0.1, 0.15) is 21.8 Å². The van der Waals surface area contributed by atoms with Gasteiger partial charge in [0.25, 0.3) is 5.56 Å². The predicted octanol–water partition coefficient (Wildman–Crippen LogP) is 4.23. The van der Waals surface area contributed by atoms with E-state index in [1.54, 1.807) is 24.4 Å². The van der Waals surface area contributed by atoms with Crippen molar-refractivity contribution in [1.82, 2.24) is 14.4 Å². The van der Waals surface area contributed by atoms with E-state index in [-0.39, 0.29) is 17.9 Å². The summed E-state index contributed by atoms with van der Waals surface area (Å²) in [5, 5.41) is 0.690.